The van der Waals surface area contributed by atoms with E-state index in [0.29, 0.717) is 23.2 Å². The van der Waals surface area contributed by atoms with E-state index in [0.717, 1.165) is 0 Å². The summed E-state index contributed by atoms with van der Waals surface area (Å²) in [5, 5.41) is 10.7. The number of hydrogen-bond acceptors (Lipinski definition) is 4. The average molecular weight is 284 g/mol. The van der Waals surface area contributed by atoms with Gasteiger partial charge in [0.25, 0.3) is 0 Å². The van der Waals surface area contributed by atoms with Gasteiger partial charge < -0.3 is 9.52 Å². The molecule has 1 aliphatic rings. The molecule has 2 unspecified atom stereocenters. The number of fused-ring (bicyclic) bond motifs is 1. The smallest absolute Gasteiger partial charge is 0.150 e. The van der Waals surface area contributed by atoms with E-state index in [9.17, 15) is 17.9 Å². The molecule has 19 heavy (non-hydrogen) atoms. The second kappa shape index (κ2) is 4.31. The maximum atomic E-state index is 13.1. The van der Waals surface area contributed by atoms with Crippen molar-refractivity contribution in [1.82, 2.24) is 0 Å². The van der Waals surface area contributed by atoms with Gasteiger partial charge in [0, 0.05) is 11.3 Å². The normalized spacial score (nSPS) is 23.8. The molecule has 102 valence electrons. The van der Waals surface area contributed by atoms with Gasteiger partial charge in [0.2, 0.25) is 0 Å². The Morgan fingerprint density at radius 1 is 1.37 bits per heavy atom. The molecule has 0 saturated carbocycles. The largest absolute Gasteiger partial charge is 0.458 e. The molecule has 2 aromatic rings. The summed E-state index contributed by atoms with van der Waals surface area (Å²) in [6.45, 7) is 0. The molecule has 6 heteroatoms. The third kappa shape index (κ3) is 2.37. The molecule has 1 N–H and O–H groups in total. The zero-order valence-corrected chi connectivity index (χ0v) is 10.9. The van der Waals surface area contributed by atoms with E-state index in [4.69, 9.17) is 4.42 Å². The van der Waals surface area contributed by atoms with E-state index in [2.05, 4.69) is 0 Å². The van der Waals surface area contributed by atoms with Crippen molar-refractivity contribution >= 4 is 20.8 Å². The van der Waals surface area contributed by atoms with Crippen LogP contribution >= 0.6 is 0 Å². The number of aliphatic hydroxyl groups is 1. The number of furan rings is 1. The third-order valence-electron chi connectivity index (χ3n) is 3.50. The van der Waals surface area contributed by atoms with E-state index in [1.165, 1.54) is 18.2 Å². The number of sulfone groups is 1. The van der Waals surface area contributed by atoms with Crippen molar-refractivity contribution in [2.75, 3.05) is 11.5 Å². The maximum absolute atomic E-state index is 13.1. The Hall–Kier alpha value is -1.40. The lowest BCUT2D eigenvalue weighted by Gasteiger charge is -2.13. The molecule has 0 radical (unpaired) electrons. The Balaban J connectivity index is 1.91. The first kappa shape index (κ1) is 12.6. The molecule has 2 atom stereocenters. The molecule has 0 spiro atoms. The molecule has 1 aromatic heterocycles. The maximum Gasteiger partial charge on any atom is 0.150 e. The average Bonchev–Trinajstić information content (AvgIpc) is 2.90. The molecular formula is C13H13FO4S. The lowest BCUT2D eigenvalue weighted by atomic mass is 10.00. The predicted octanol–water partition coefficient (Wildman–Crippen LogP) is 2.04. The standard InChI is InChI=1S/C13H13FO4S/c14-10-1-2-11-9(5-10)6-12(18-11)13(15)8-3-4-19(16,17)7-8/h1-2,5-6,8,13,15H,3-4,7H2. The first-order chi connectivity index (χ1) is 8.94. The van der Waals surface area contributed by atoms with E-state index in [1.54, 1.807) is 6.07 Å². The minimum atomic E-state index is -3.05. The Morgan fingerprint density at radius 2 is 2.16 bits per heavy atom. The van der Waals surface area contributed by atoms with Crippen LogP contribution in [0.15, 0.2) is 28.7 Å². The molecule has 1 saturated heterocycles. The summed E-state index contributed by atoms with van der Waals surface area (Å²) in [6, 6.07) is 5.66. The highest BCUT2D eigenvalue weighted by molar-refractivity contribution is 7.91. The minimum Gasteiger partial charge on any atom is -0.458 e. The van der Waals surface area contributed by atoms with Gasteiger partial charge in [0.1, 0.15) is 23.3 Å². The predicted molar refractivity (Wildman–Crippen MR) is 67.9 cm³/mol. The summed E-state index contributed by atoms with van der Waals surface area (Å²) in [5.41, 5.74) is 0.483. The number of benzene rings is 1. The van der Waals surface area contributed by atoms with Crippen LogP contribution in [0.1, 0.15) is 18.3 Å². The van der Waals surface area contributed by atoms with Crippen LogP contribution in [0.2, 0.25) is 0 Å². The summed E-state index contributed by atoms with van der Waals surface area (Å²) in [7, 11) is -3.05. The van der Waals surface area contributed by atoms with Gasteiger partial charge in [-0.3, -0.25) is 0 Å². The van der Waals surface area contributed by atoms with E-state index >= 15 is 0 Å². The summed E-state index contributed by atoms with van der Waals surface area (Å²) >= 11 is 0. The van der Waals surface area contributed by atoms with Crippen LogP contribution in [0.5, 0.6) is 0 Å². The Bertz CT molecular complexity index is 719. The van der Waals surface area contributed by atoms with Crippen LogP contribution in [-0.2, 0) is 9.84 Å². The third-order valence-corrected chi connectivity index (χ3v) is 5.30. The molecule has 4 nitrogen and oxygen atoms in total. The molecular weight excluding hydrogens is 271 g/mol. The lowest BCUT2D eigenvalue weighted by molar-refractivity contribution is 0.0991. The van der Waals surface area contributed by atoms with Crippen LogP contribution < -0.4 is 0 Å². The molecule has 3 rings (SSSR count). The minimum absolute atomic E-state index is 0.0282. The van der Waals surface area contributed by atoms with Gasteiger partial charge in [0.05, 0.1) is 11.5 Å². The van der Waals surface area contributed by atoms with Crippen LogP contribution in [-0.4, -0.2) is 25.0 Å². The molecule has 0 bridgehead atoms. The van der Waals surface area contributed by atoms with Crippen molar-refractivity contribution in [2.24, 2.45) is 5.92 Å². The zero-order chi connectivity index (χ0) is 13.6. The Morgan fingerprint density at radius 3 is 2.84 bits per heavy atom. The van der Waals surface area contributed by atoms with E-state index in [-0.39, 0.29) is 23.2 Å². The zero-order valence-electron chi connectivity index (χ0n) is 10.0. The second-order valence-electron chi connectivity index (χ2n) is 4.94. The molecule has 0 aliphatic carbocycles. The van der Waals surface area contributed by atoms with Crippen LogP contribution in [0.25, 0.3) is 11.0 Å². The monoisotopic (exact) mass is 284 g/mol. The molecule has 2 heterocycles. The summed E-state index contributed by atoms with van der Waals surface area (Å²) in [4.78, 5) is 0. The Kier molecular flexibility index (Phi) is 2.87. The van der Waals surface area contributed by atoms with E-state index in [1.807, 2.05) is 0 Å². The first-order valence-electron chi connectivity index (χ1n) is 6.02. The molecule has 1 aromatic carbocycles. The van der Waals surface area contributed by atoms with Gasteiger partial charge in [-0.2, -0.15) is 0 Å². The van der Waals surface area contributed by atoms with Crippen molar-refractivity contribution in [3.63, 3.8) is 0 Å². The first-order valence-corrected chi connectivity index (χ1v) is 7.84. The second-order valence-corrected chi connectivity index (χ2v) is 7.17. The van der Waals surface area contributed by atoms with E-state index < -0.39 is 15.9 Å². The topological polar surface area (TPSA) is 67.5 Å². The SMILES string of the molecule is O=S1(=O)CCC(C(O)c2cc3cc(F)ccc3o2)C1. The lowest BCUT2D eigenvalue weighted by Crippen LogP contribution is -2.13. The van der Waals surface area contributed by atoms with Gasteiger partial charge in [-0.15, -0.1) is 0 Å². The van der Waals surface area contributed by atoms with Crippen molar-refractivity contribution in [2.45, 2.75) is 12.5 Å². The fraction of sp³-hybridized carbons (Fsp3) is 0.385. The van der Waals surface area contributed by atoms with Gasteiger partial charge in [-0.05, 0) is 30.7 Å². The number of hydrogen-bond donors (Lipinski definition) is 1. The van der Waals surface area contributed by atoms with Crippen molar-refractivity contribution in [1.29, 1.82) is 0 Å². The van der Waals surface area contributed by atoms with Gasteiger partial charge in [-0.25, -0.2) is 12.8 Å². The fourth-order valence-corrected chi connectivity index (χ4v) is 4.32. The van der Waals surface area contributed by atoms with Gasteiger partial charge in [-0.1, -0.05) is 0 Å². The highest BCUT2D eigenvalue weighted by Gasteiger charge is 2.35. The van der Waals surface area contributed by atoms with Crippen molar-refractivity contribution in [3.05, 3.63) is 35.8 Å². The quantitative estimate of drug-likeness (QED) is 0.916. The molecule has 1 fully saturated rings. The van der Waals surface area contributed by atoms with Crippen LogP contribution in [0.4, 0.5) is 4.39 Å². The summed E-state index contributed by atoms with van der Waals surface area (Å²) in [6.07, 6.45) is -0.540. The van der Waals surface area contributed by atoms with Gasteiger partial charge in [0.15, 0.2) is 9.84 Å². The van der Waals surface area contributed by atoms with Crippen LogP contribution in [0.3, 0.4) is 0 Å². The highest BCUT2D eigenvalue weighted by Crippen LogP contribution is 2.34. The van der Waals surface area contributed by atoms with Gasteiger partial charge >= 0.3 is 0 Å². The molecule has 0 amide bonds. The number of aliphatic hydroxyl groups excluding tert-OH is 1. The summed E-state index contributed by atoms with van der Waals surface area (Å²) < 4.78 is 41.3. The highest BCUT2D eigenvalue weighted by atomic mass is 32.2. The molecule has 1 aliphatic heterocycles. The van der Waals surface area contributed by atoms with Crippen molar-refractivity contribution in [3.8, 4) is 0 Å². The summed E-state index contributed by atoms with van der Waals surface area (Å²) in [5.74, 6) is -0.362. The number of rotatable bonds is 2. The fourth-order valence-electron chi connectivity index (χ4n) is 2.49. The number of halogens is 1. The van der Waals surface area contributed by atoms with Crippen molar-refractivity contribution < 1.29 is 22.3 Å². The Labute approximate surface area is 109 Å². The van der Waals surface area contributed by atoms with Crippen LogP contribution in [0, 0.1) is 11.7 Å².